The number of rotatable bonds is 2. The van der Waals surface area contributed by atoms with Crippen LogP contribution in [0.25, 0.3) is 0 Å². The van der Waals surface area contributed by atoms with E-state index in [1.807, 2.05) is 0 Å². The Kier molecular flexibility index (Phi) is 5.56. The molecule has 1 aromatic carbocycles. The molecule has 0 amide bonds. The van der Waals surface area contributed by atoms with E-state index in [0.29, 0.717) is 0 Å². The van der Waals surface area contributed by atoms with Gasteiger partial charge in [0.25, 0.3) is 0 Å². The summed E-state index contributed by atoms with van der Waals surface area (Å²) in [5.74, 6) is -6.54. The molecule has 0 spiro atoms. The van der Waals surface area contributed by atoms with Crippen LogP contribution in [0.3, 0.4) is 0 Å². The fraction of sp³-hybridized carbons (Fsp3) is 0.400. The second-order valence-corrected chi connectivity index (χ2v) is 4.10. The number of hydrogen-bond acceptors (Lipinski definition) is 1. The van der Waals surface area contributed by atoms with E-state index < -0.39 is 34.5 Å². The number of benzene rings is 1. The molecule has 0 radical (unpaired) electrons. The summed E-state index contributed by atoms with van der Waals surface area (Å²) in [7, 11) is 0. The first-order valence-corrected chi connectivity index (χ1v) is 5.02. The number of nitrogens with two attached hydrogens (primary N) is 1. The van der Waals surface area contributed by atoms with Crippen molar-refractivity contribution in [3.05, 3.63) is 34.1 Å². The molecule has 1 aromatic rings. The highest BCUT2D eigenvalue weighted by Crippen LogP contribution is 2.45. The largest absolute Gasteiger partial charge is 0.455 e. The van der Waals surface area contributed by atoms with Crippen molar-refractivity contribution in [3.8, 4) is 0 Å². The summed E-state index contributed by atoms with van der Waals surface area (Å²) in [6.07, 6.45) is -5.88. The predicted octanol–water partition coefficient (Wildman–Crippen LogP) is 4.41. The minimum absolute atomic E-state index is 0. The van der Waals surface area contributed by atoms with Crippen LogP contribution in [-0.4, -0.2) is 12.1 Å². The highest BCUT2D eigenvalue weighted by Gasteiger charge is 2.62. The van der Waals surface area contributed by atoms with Crippen molar-refractivity contribution >= 4 is 24.0 Å². The van der Waals surface area contributed by atoms with E-state index in [0.717, 1.165) is 12.1 Å². The van der Waals surface area contributed by atoms with E-state index in [9.17, 15) is 26.3 Å². The SMILES string of the molecule is Cc1ccc(Cl)c([C@@H](N)C(F)(F)C(F)(F)F)c1F.Cl. The van der Waals surface area contributed by atoms with Crippen LogP contribution in [0.15, 0.2) is 12.1 Å². The summed E-state index contributed by atoms with van der Waals surface area (Å²) in [5.41, 5.74) is 3.67. The predicted molar refractivity (Wildman–Crippen MR) is 61.3 cm³/mol. The van der Waals surface area contributed by atoms with Gasteiger partial charge in [0.2, 0.25) is 0 Å². The fourth-order valence-corrected chi connectivity index (χ4v) is 1.58. The van der Waals surface area contributed by atoms with Crippen LogP contribution in [0.5, 0.6) is 0 Å². The van der Waals surface area contributed by atoms with Crippen LogP contribution in [0.2, 0.25) is 5.02 Å². The van der Waals surface area contributed by atoms with Gasteiger partial charge in [0, 0.05) is 10.6 Å². The topological polar surface area (TPSA) is 26.0 Å². The van der Waals surface area contributed by atoms with E-state index in [2.05, 4.69) is 0 Å². The standard InChI is InChI=1S/C10H8ClF6N.ClH/c1-4-2-3-5(11)6(7(4)12)8(18)9(13,14)10(15,16)17;/h2-3,8H,18H2,1H3;1H/t8-;/m1./s1. The van der Waals surface area contributed by atoms with Crippen LogP contribution in [0, 0.1) is 12.7 Å². The second kappa shape index (κ2) is 5.76. The van der Waals surface area contributed by atoms with Gasteiger partial charge in [-0.2, -0.15) is 22.0 Å². The number of aryl methyl sites for hydroxylation is 1. The molecule has 1 rings (SSSR count). The average molecular weight is 328 g/mol. The molecule has 0 heterocycles. The van der Waals surface area contributed by atoms with Crippen molar-refractivity contribution < 1.29 is 26.3 Å². The van der Waals surface area contributed by atoms with E-state index >= 15 is 0 Å². The molecule has 1 atom stereocenters. The summed E-state index contributed by atoms with van der Waals surface area (Å²) in [6.45, 7) is 1.20. The summed E-state index contributed by atoms with van der Waals surface area (Å²) in [6, 6.07) is -0.730. The molecule has 0 saturated heterocycles. The molecule has 19 heavy (non-hydrogen) atoms. The molecule has 0 saturated carbocycles. The van der Waals surface area contributed by atoms with Gasteiger partial charge in [-0.25, -0.2) is 4.39 Å². The maximum absolute atomic E-state index is 13.6. The third-order valence-corrected chi connectivity index (χ3v) is 2.73. The monoisotopic (exact) mass is 327 g/mol. The minimum Gasteiger partial charge on any atom is -0.319 e. The Morgan fingerprint density at radius 2 is 1.63 bits per heavy atom. The third kappa shape index (κ3) is 3.27. The fourth-order valence-electron chi connectivity index (χ4n) is 1.32. The average Bonchev–Trinajstić information content (AvgIpc) is 2.22. The highest BCUT2D eigenvalue weighted by molar-refractivity contribution is 6.31. The summed E-state index contributed by atoms with van der Waals surface area (Å²) >= 11 is 5.43. The first kappa shape index (κ1) is 18.3. The Morgan fingerprint density at radius 3 is 2.05 bits per heavy atom. The molecule has 2 N–H and O–H groups in total. The molecule has 0 unspecified atom stereocenters. The zero-order valence-corrected chi connectivity index (χ0v) is 10.9. The van der Waals surface area contributed by atoms with E-state index in [1.165, 1.54) is 6.92 Å². The van der Waals surface area contributed by atoms with Crippen molar-refractivity contribution in [3.63, 3.8) is 0 Å². The molecule has 0 aliphatic carbocycles. The number of alkyl halides is 5. The van der Waals surface area contributed by atoms with Gasteiger partial charge in [-0.05, 0) is 18.6 Å². The van der Waals surface area contributed by atoms with Crippen LogP contribution < -0.4 is 5.73 Å². The number of halogens is 8. The molecule has 0 aromatic heterocycles. The normalized spacial score (nSPS) is 13.9. The van der Waals surface area contributed by atoms with E-state index in [4.69, 9.17) is 17.3 Å². The quantitative estimate of drug-likeness (QED) is 0.800. The minimum atomic E-state index is -5.88. The Morgan fingerprint density at radius 1 is 1.16 bits per heavy atom. The highest BCUT2D eigenvalue weighted by atomic mass is 35.5. The van der Waals surface area contributed by atoms with Gasteiger partial charge in [-0.15, -0.1) is 12.4 Å². The molecule has 9 heteroatoms. The van der Waals surface area contributed by atoms with E-state index in [-0.39, 0.29) is 18.0 Å². The van der Waals surface area contributed by atoms with Gasteiger partial charge >= 0.3 is 12.1 Å². The molecule has 0 fully saturated rings. The molecular weight excluding hydrogens is 319 g/mol. The van der Waals surface area contributed by atoms with Crippen LogP contribution in [0.1, 0.15) is 17.2 Å². The zero-order valence-electron chi connectivity index (χ0n) is 9.36. The van der Waals surface area contributed by atoms with Crippen molar-refractivity contribution in [1.29, 1.82) is 0 Å². The first-order valence-electron chi connectivity index (χ1n) is 4.64. The summed E-state index contributed by atoms with van der Waals surface area (Å²) in [5, 5.41) is -0.575. The Hall–Kier alpha value is -0.660. The lowest BCUT2D eigenvalue weighted by molar-refractivity contribution is -0.291. The van der Waals surface area contributed by atoms with Gasteiger partial charge in [-0.3, -0.25) is 0 Å². The van der Waals surface area contributed by atoms with E-state index in [1.54, 1.807) is 0 Å². The van der Waals surface area contributed by atoms with Gasteiger partial charge < -0.3 is 5.73 Å². The van der Waals surface area contributed by atoms with Crippen molar-refractivity contribution in [2.24, 2.45) is 5.73 Å². The summed E-state index contributed by atoms with van der Waals surface area (Å²) in [4.78, 5) is 0. The second-order valence-electron chi connectivity index (χ2n) is 3.69. The molecular formula is C10H9Cl2F6N. The Balaban J connectivity index is 0.00000324. The summed E-state index contributed by atoms with van der Waals surface area (Å²) < 4.78 is 76.0. The smallest absolute Gasteiger partial charge is 0.319 e. The molecule has 110 valence electrons. The van der Waals surface area contributed by atoms with Crippen molar-refractivity contribution in [2.45, 2.75) is 25.1 Å². The van der Waals surface area contributed by atoms with Gasteiger partial charge in [0.15, 0.2) is 0 Å². The maximum atomic E-state index is 13.6. The van der Waals surface area contributed by atoms with Gasteiger partial charge in [0.1, 0.15) is 11.9 Å². The molecule has 0 bridgehead atoms. The zero-order chi connectivity index (χ0) is 14.3. The first-order chi connectivity index (χ1) is 8.00. The molecule has 0 aliphatic rings. The van der Waals surface area contributed by atoms with Crippen LogP contribution >= 0.6 is 24.0 Å². The molecule has 1 nitrogen and oxygen atoms in total. The lowest BCUT2D eigenvalue weighted by atomic mass is 9.98. The lowest BCUT2D eigenvalue weighted by Gasteiger charge is -2.27. The maximum Gasteiger partial charge on any atom is 0.455 e. The Labute approximate surface area is 116 Å². The third-order valence-electron chi connectivity index (χ3n) is 2.40. The van der Waals surface area contributed by atoms with Crippen LogP contribution in [0.4, 0.5) is 26.3 Å². The van der Waals surface area contributed by atoms with Gasteiger partial charge in [0.05, 0.1) is 0 Å². The van der Waals surface area contributed by atoms with Crippen molar-refractivity contribution in [1.82, 2.24) is 0 Å². The molecule has 0 aliphatic heterocycles. The Bertz CT molecular complexity index is 460. The van der Waals surface area contributed by atoms with Gasteiger partial charge in [-0.1, -0.05) is 17.7 Å². The number of hydrogen-bond donors (Lipinski definition) is 1. The lowest BCUT2D eigenvalue weighted by Crippen LogP contribution is -2.46. The van der Waals surface area contributed by atoms with Crippen LogP contribution in [-0.2, 0) is 0 Å². The van der Waals surface area contributed by atoms with Crippen molar-refractivity contribution in [2.75, 3.05) is 0 Å².